The lowest BCUT2D eigenvalue weighted by Crippen LogP contribution is -2.44. The molecule has 0 aliphatic carbocycles. The molecule has 0 bridgehead atoms. The van der Waals surface area contributed by atoms with Gasteiger partial charge in [-0.15, -0.1) is 0 Å². The van der Waals surface area contributed by atoms with E-state index < -0.39 is 18.1 Å². The molecule has 0 spiro atoms. The summed E-state index contributed by atoms with van der Waals surface area (Å²) in [5, 5.41) is 9.12. The van der Waals surface area contributed by atoms with Crippen molar-refractivity contribution >= 4 is 6.09 Å². The van der Waals surface area contributed by atoms with E-state index in [1.54, 1.807) is 20.8 Å². The zero-order chi connectivity index (χ0) is 13.9. The molecule has 1 N–H and O–H groups in total. The van der Waals surface area contributed by atoms with Crippen LogP contribution in [0.2, 0.25) is 0 Å². The molecule has 6 heteroatoms. The van der Waals surface area contributed by atoms with Gasteiger partial charge in [0, 0.05) is 11.7 Å². The molecule has 0 aromatic carbocycles. The van der Waals surface area contributed by atoms with Gasteiger partial charge >= 0.3 is 6.09 Å². The Labute approximate surface area is 104 Å². The Hall–Kier alpha value is -1.72. The highest BCUT2D eigenvalue weighted by atomic mass is 19.3. The van der Waals surface area contributed by atoms with Crippen LogP contribution in [0.15, 0.2) is 18.3 Å². The number of aromatic nitrogens is 1. The maximum atomic E-state index is 12.7. The molecule has 0 fully saturated rings. The Morgan fingerprint density at radius 3 is 2.56 bits per heavy atom. The molecule has 0 saturated carbocycles. The fourth-order valence-corrected chi connectivity index (χ4v) is 1.54. The molecule has 18 heavy (non-hydrogen) atoms. The van der Waals surface area contributed by atoms with Crippen molar-refractivity contribution in [2.45, 2.75) is 39.3 Å². The minimum Gasteiger partial charge on any atom is -0.465 e. The summed E-state index contributed by atoms with van der Waals surface area (Å²) < 4.78 is 25.5. The van der Waals surface area contributed by atoms with Gasteiger partial charge in [-0.3, -0.25) is 9.88 Å². The van der Waals surface area contributed by atoms with Crippen LogP contribution in [0, 0.1) is 0 Å². The molecule has 100 valence electrons. The first kappa shape index (κ1) is 14.3. The molecule has 0 saturated heterocycles. The number of rotatable bonds is 3. The van der Waals surface area contributed by atoms with Crippen LogP contribution in [-0.2, 0) is 6.54 Å². The van der Waals surface area contributed by atoms with Gasteiger partial charge in [0.15, 0.2) is 0 Å². The number of nitrogens with zero attached hydrogens (tertiary/aromatic N) is 2. The average molecular weight is 258 g/mol. The van der Waals surface area contributed by atoms with Gasteiger partial charge in [0.2, 0.25) is 0 Å². The van der Waals surface area contributed by atoms with E-state index in [0.717, 1.165) is 4.90 Å². The van der Waals surface area contributed by atoms with Crippen LogP contribution in [0.4, 0.5) is 13.6 Å². The van der Waals surface area contributed by atoms with Crippen LogP contribution in [0.1, 0.15) is 38.5 Å². The smallest absolute Gasteiger partial charge is 0.408 e. The third-order valence-corrected chi connectivity index (χ3v) is 2.50. The quantitative estimate of drug-likeness (QED) is 0.905. The molecule has 0 atom stereocenters. The van der Waals surface area contributed by atoms with E-state index in [-0.39, 0.29) is 17.8 Å². The highest BCUT2D eigenvalue weighted by Crippen LogP contribution is 2.24. The summed E-state index contributed by atoms with van der Waals surface area (Å²) in [5.41, 5.74) is -0.807. The maximum Gasteiger partial charge on any atom is 0.408 e. The van der Waals surface area contributed by atoms with Gasteiger partial charge < -0.3 is 5.11 Å². The number of hydrogen-bond donors (Lipinski definition) is 1. The molecule has 0 unspecified atom stereocenters. The standard InChI is InChI=1S/C12H16F2N2O2/c1-12(2,3)16(11(17)18)7-8-5-4-6-15-9(8)10(13)14/h4-6,10H,7H2,1-3H3,(H,17,18). The number of alkyl halides is 2. The second-order valence-electron chi connectivity index (χ2n) is 4.89. The zero-order valence-corrected chi connectivity index (χ0v) is 10.5. The fraction of sp³-hybridized carbons (Fsp3) is 0.500. The molecule has 1 rings (SSSR count). The van der Waals surface area contributed by atoms with Crippen molar-refractivity contribution in [1.29, 1.82) is 0 Å². The maximum absolute atomic E-state index is 12.7. The fourth-order valence-electron chi connectivity index (χ4n) is 1.54. The Kier molecular flexibility index (Phi) is 4.21. The molecular weight excluding hydrogens is 242 g/mol. The van der Waals surface area contributed by atoms with E-state index >= 15 is 0 Å². The second-order valence-corrected chi connectivity index (χ2v) is 4.89. The van der Waals surface area contributed by atoms with E-state index in [4.69, 9.17) is 5.11 Å². The van der Waals surface area contributed by atoms with Crippen molar-refractivity contribution in [2.75, 3.05) is 0 Å². The van der Waals surface area contributed by atoms with Gasteiger partial charge in [0.1, 0.15) is 5.69 Å². The Morgan fingerprint density at radius 1 is 1.50 bits per heavy atom. The lowest BCUT2D eigenvalue weighted by atomic mass is 10.0. The monoisotopic (exact) mass is 258 g/mol. The molecule has 1 aromatic rings. The van der Waals surface area contributed by atoms with Crippen molar-refractivity contribution in [3.05, 3.63) is 29.6 Å². The van der Waals surface area contributed by atoms with E-state index in [2.05, 4.69) is 4.98 Å². The topological polar surface area (TPSA) is 53.4 Å². The number of amides is 1. The van der Waals surface area contributed by atoms with Gasteiger partial charge in [0.25, 0.3) is 6.43 Å². The van der Waals surface area contributed by atoms with Gasteiger partial charge in [-0.05, 0) is 32.4 Å². The summed E-state index contributed by atoms with van der Waals surface area (Å²) in [6.07, 6.45) is -2.59. The van der Waals surface area contributed by atoms with E-state index in [0.29, 0.717) is 0 Å². The first-order valence-corrected chi connectivity index (χ1v) is 5.46. The Balaban J connectivity index is 3.05. The first-order valence-electron chi connectivity index (χ1n) is 5.46. The summed E-state index contributed by atoms with van der Waals surface area (Å²) in [6, 6.07) is 2.99. The lowest BCUT2D eigenvalue weighted by Gasteiger charge is -2.33. The number of halogens is 2. The second kappa shape index (κ2) is 5.29. The van der Waals surface area contributed by atoms with Gasteiger partial charge in [-0.2, -0.15) is 0 Å². The van der Waals surface area contributed by atoms with Gasteiger partial charge in [-0.25, -0.2) is 13.6 Å². The average Bonchev–Trinajstić information content (AvgIpc) is 2.24. The van der Waals surface area contributed by atoms with Crippen LogP contribution >= 0.6 is 0 Å². The van der Waals surface area contributed by atoms with E-state index in [1.165, 1.54) is 18.3 Å². The van der Waals surface area contributed by atoms with Crippen molar-refractivity contribution in [3.63, 3.8) is 0 Å². The minimum atomic E-state index is -2.71. The van der Waals surface area contributed by atoms with Crippen LogP contribution in [0.25, 0.3) is 0 Å². The molecule has 0 aliphatic rings. The van der Waals surface area contributed by atoms with Crippen LogP contribution < -0.4 is 0 Å². The van der Waals surface area contributed by atoms with Crippen molar-refractivity contribution in [2.24, 2.45) is 0 Å². The molecule has 1 heterocycles. The van der Waals surface area contributed by atoms with Crippen LogP contribution in [0.3, 0.4) is 0 Å². The molecule has 0 aliphatic heterocycles. The largest absolute Gasteiger partial charge is 0.465 e. The summed E-state index contributed by atoms with van der Waals surface area (Å²) in [7, 11) is 0. The number of hydrogen-bond acceptors (Lipinski definition) is 2. The third kappa shape index (κ3) is 3.38. The Morgan fingerprint density at radius 2 is 2.11 bits per heavy atom. The lowest BCUT2D eigenvalue weighted by molar-refractivity contribution is 0.0927. The van der Waals surface area contributed by atoms with Gasteiger partial charge in [-0.1, -0.05) is 6.07 Å². The number of carboxylic acid groups (broad SMARTS) is 1. The third-order valence-electron chi connectivity index (χ3n) is 2.50. The van der Waals surface area contributed by atoms with E-state index in [9.17, 15) is 13.6 Å². The van der Waals surface area contributed by atoms with Crippen molar-refractivity contribution in [3.8, 4) is 0 Å². The summed E-state index contributed by atoms with van der Waals surface area (Å²) in [5.74, 6) is 0. The molecule has 1 amide bonds. The van der Waals surface area contributed by atoms with Crippen molar-refractivity contribution in [1.82, 2.24) is 9.88 Å². The summed E-state index contributed by atoms with van der Waals surface area (Å²) in [6.45, 7) is 5.02. The van der Waals surface area contributed by atoms with Gasteiger partial charge in [0.05, 0.1) is 6.54 Å². The highest BCUT2D eigenvalue weighted by molar-refractivity contribution is 5.66. The number of carbonyl (C=O) groups is 1. The number of pyridine rings is 1. The molecule has 4 nitrogen and oxygen atoms in total. The first-order chi connectivity index (χ1) is 8.23. The summed E-state index contributed by atoms with van der Waals surface area (Å²) >= 11 is 0. The van der Waals surface area contributed by atoms with Crippen LogP contribution in [-0.4, -0.2) is 26.6 Å². The predicted octanol–water partition coefficient (Wildman–Crippen LogP) is 3.30. The molecular formula is C12H16F2N2O2. The van der Waals surface area contributed by atoms with Crippen molar-refractivity contribution < 1.29 is 18.7 Å². The summed E-state index contributed by atoms with van der Waals surface area (Å²) in [4.78, 5) is 15.9. The SMILES string of the molecule is CC(C)(C)N(Cc1cccnc1C(F)F)C(=O)O. The minimum absolute atomic E-state index is 0.105. The van der Waals surface area contributed by atoms with Crippen LogP contribution in [0.5, 0.6) is 0 Å². The molecule has 1 aromatic heterocycles. The zero-order valence-electron chi connectivity index (χ0n) is 10.5. The highest BCUT2D eigenvalue weighted by Gasteiger charge is 2.28. The van der Waals surface area contributed by atoms with E-state index in [1.807, 2.05) is 0 Å². The predicted molar refractivity (Wildman–Crippen MR) is 62.5 cm³/mol. The normalized spacial score (nSPS) is 11.7. The molecule has 0 radical (unpaired) electrons. The Bertz CT molecular complexity index is 430.